The summed E-state index contributed by atoms with van der Waals surface area (Å²) in [5.41, 5.74) is 9.35. The quantitative estimate of drug-likeness (QED) is 0.133. The van der Waals surface area contributed by atoms with Crippen LogP contribution in [0.3, 0.4) is 0 Å². The van der Waals surface area contributed by atoms with Gasteiger partial charge in [0.05, 0.1) is 5.69 Å². The minimum atomic E-state index is 0.661. The molecule has 0 fully saturated rings. The maximum atomic E-state index is 6.29. The van der Waals surface area contributed by atoms with Crippen LogP contribution in [0.5, 0.6) is 0 Å². The van der Waals surface area contributed by atoms with Gasteiger partial charge in [0.2, 0.25) is 0 Å². The van der Waals surface area contributed by atoms with Crippen LogP contribution >= 0.6 is 0 Å². The molecule has 55 heavy (non-hydrogen) atoms. The van der Waals surface area contributed by atoms with Gasteiger partial charge in [0, 0.05) is 16.5 Å². The number of hydrogen-bond donors (Lipinski definition) is 0. The molecule has 3 nitrogen and oxygen atoms in total. The Kier molecular flexibility index (Phi) is 7.17. The first kappa shape index (κ1) is 31.2. The number of hydrogen-bond acceptors (Lipinski definition) is 3. The van der Waals surface area contributed by atoms with Crippen LogP contribution < -0.4 is 0 Å². The number of fused-ring (bicyclic) bond motifs is 6. The summed E-state index contributed by atoms with van der Waals surface area (Å²) in [7, 11) is 0. The van der Waals surface area contributed by atoms with Gasteiger partial charge in [-0.3, -0.25) is 0 Å². The molecule has 11 aromatic rings. The molecule has 0 bridgehead atoms. The zero-order valence-electron chi connectivity index (χ0n) is 29.8. The van der Waals surface area contributed by atoms with Crippen LogP contribution in [0.2, 0.25) is 0 Å². The maximum absolute atomic E-state index is 6.29. The van der Waals surface area contributed by atoms with Crippen molar-refractivity contribution in [2.75, 3.05) is 0 Å². The second-order valence-corrected chi connectivity index (χ2v) is 14.1. The van der Waals surface area contributed by atoms with Gasteiger partial charge >= 0.3 is 0 Å². The molecule has 0 amide bonds. The Morgan fingerprint density at radius 2 is 0.909 bits per heavy atom. The molecule has 256 valence electrons. The van der Waals surface area contributed by atoms with Gasteiger partial charge in [0.1, 0.15) is 11.3 Å². The molecular formula is C52H32N2O. The monoisotopic (exact) mass is 700 g/mol. The van der Waals surface area contributed by atoms with Gasteiger partial charge in [-0.25, -0.2) is 9.97 Å². The molecule has 2 aromatic heterocycles. The number of para-hydroxylation sites is 1. The summed E-state index contributed by atoms with van der Waals surface area (Å²) >= 11 is 0. The summed E-state index contributed by atoms with van der Waals surface area (Å²) in [5, 5.41) is 10.9. The van der Waals surface area contributed by atoms with Crippen molar-refractivity contribution in [3.05, 3.63) is 194 Å². The summed E-state index contributed by atoms with van der Waals surface area (Å²) in [6.45, 7) is 0. The summed E-state index contributed by atoms with van der Waals surface area (Å²) in [6, 6.07) is 68.8. The minimum absolute atomic E-state index is 0.661. The molecule has 0 aliphatic heterocycles. The fraction of sp³-hybridized carbons (Fsp3) is 0. The molecule has 0 saturated heterocycles. The summed E-state index contributed by atoms with van der Waals surface area (Å²) in [4.78, 5) is 10.1. The molecule has 0 radical (unpaired) electrons. The van der Waals surface area contributed by atoms with Crippen LogP contribution in [-0.2, 0) is 0 Å². The zero-order valence-corrected chi connectivity index (χ0v) is 29.8. The van der Waals surface area contributed by atoms with Gasteiger partial charge in [0.25, 0.3) is 0 Å². The van der Waals surface area contributed by atoms with Crippen molar-refractivity contribution in [3.63, 3.8) is 0 Å². The third kappa shape index (κ3) is 5.28. The highest BCUT2D eigenvalue weighted by Gasteiger charge is 2.19. The first-order valence-electron chi connectivity index (χ1n) is 18.6. The largest absolute Gasteiger partial charge is 0.454 e. The van der Waals surface area contributed by atoms with E-state index < -0.39 is 0 Å². The van der Waals surface area contributed by atoms with E-state index >= 15 is 0 Å². The van der Waals surface area contributed by atoms with E-state index in [4.69, 9.17) is 14.4 Å². The Morgan fingerprint density at radius 3 is 1.67 bits per heavy atom. The summed E-state index contributed by atoms with van der Waals surface area (Å²) < 4.78 is 6.29. The van der Waals surface area contributed by atoms with E-state index in [1.807, 2.05) is 54.6 Å². The molecule has 0 saturated carbocycles. The Bertz CT molecular complexity index is 3220. The van der Waals surface area contributed by atoms with Crippen molar-refractivity contribution in [2.24, 2.45) is 0 Å². The lowest BCUT2D eigenvalue weighted by atomic mass is 9.83. The summed E-state index contributed by atoms with van der Waals surface area (Å²) in [6.07, 6.45) is 0. The highest BCUT2D eigenvalue weighted by atomic mass is 16.3. The average molecular weight is 701 g/mol. The molecular weight excluding hydrogens is 669 g/mol. The number of furan rings is 1. The predicted molar refractivity (Wildman–Crippen MR) is 229 cm³/mol. The van der Waals surface area contributed by atoms with Crippen molar-refractivity contribution >= 4 is 54.1 Å². The molecule has 0 spiro atoms. The van der Waals surface area contributed by atoms with Crippen LogP contribution in [0.25, 0.3) is 110 Å². The number of benzene rings is 9. The molecule has 0 N–H and O–H groups in total. The molecule has 0 unspecified atom stereocenters. The van der Waals surface area contributed by atoms with Gasteiger partial charge < -0.3 is 4.42 Å². The van der Waals surface area contributed by atoms with Crippen LogP contribution in [0, 0.1) is 0 Å². The fourth-order valence-corrected chi connectivity index (χ4v) is 8.27. The van der Waals surface area contributed by atoms with Gasteiger partial charge in [-0.2, -0.15) is 0 Å². The third-order valence-corrected chi connectivity index (χ3v) is 10.8. The van der Waals surface area contributed by atoms with Crippen molar-refractivity contribution in [3.8, 4) is 56.4 Å². The predicted octanol–water partition coefficient (Wildman–Crippen LogP) is 14.2. The van der Waals surface area contributed by atoms with E-state index in [-0.39, 0.29) is 0 Å². The molecule has 0 aliphatic carbocycles. The van der Waals surface area contributed by atoms with E-state index in [1.165, 1.54) is 60.0 Å². The molecule has 2 heterocycles. The molecule has 9 aromatic carbocycles. The third-order valence-electron chi connectivity index (χ3n) is 10.8. The lowest BCUT2D eigenvalue weighted by molar-refractivity contribution is 0.628. The van der Waals surface area contributed by atoms with E-state index in [0.29, 0.717) is 5.82 Å². The van der Waals surface area contributed by atoms with Crippen molar-refractivity contribution < 1.29 is 4.42 Å². The highest BCUT2D eigenvalue weighted by molar-refractivity contribution is 6.28. The lowest BCUT2D eigenvalue weighted by Gasteiger charge is -2.19. The molecule has 11 rings (SSSR count). The van der Waals surface area contributed by atoms with Gasteiger partial charge in [-0.05, 0) is 95.7 Å². The standard InChI is InChI=1S/C52H32N2O/c1-3-14-34(15-4-1)49-42-20-10-11-21-43(42)50(51-41-19-9-7-13-33(41)27-28-44(49)51)40-26-24-36-29-38(25-23-37(36)30-40)45-32-46(48-31-39-18-8-12-22-47(39)55-48)54-52(53-45)35-16-5-2-6-17-35/h1-32H. The van der Waals surface area contributed by atoms with Crippen LogP contribution in [0.15, 0.2) is 199 Å². The second-order valence-electron chi connectivity index (χ2n) is 14.1. The Labute approximate surface area is 317 Å². The number of nitrogens with zero attached hydrogens (tertiary/aromatic N) is 2. The van der Waals surface area contributed by atoms with Crippen LogP contribution in [0.4, 0.5) is 0 Å². The first-order valence-corrected chi connectivity index (χ1v) is 18.6. The molecule has 3 heteroatoms. The van der Waals surface area contributed by atoms with Gasteiger partial charge in [-0.15, -0.1) is 0 Å². The lowest BCUT2D eigenvalue weighted by Crippen LogP contribution is -1.95. The van der Waals surface area contributed by atoms with E-state index in [1.54, 1.807) is 0 Å². The molecule has 0 aliphatic rings. The second kappa shape index (κ2) is 12.6. The zero-order chi connectivity index (χ0) is 36.3. The Hall–Kier alpha value is -7.36. The minimum Gasteiger partial charge on any atom is -0.454 e. The number of aromatic nitrogens is 2. The van der Waals surface area contributed by atoms with E-state index in [2.05, 4.69) is 140 Å². The number of rotatable bonds is 5. The van der Waals surface area contributed by atoms with Crippen molar-refractivity contribution in [2.45, 2.75) is 0 Å². The first-order chi connectivity index (χ1) is 27.2. The van der Waals surface area contributed by atoms with Crippen LogP contribution in [-0.4, -0.2) is 9.97 Å². The fourth-order valence-electron chi connectivity index (χ4n) is 8.27. The highest BCUT2D eigenvalue weighted by Crippen LogP contribution is 2.46. The van der Waals surface area contributed by atoms with Gasteiger partial charge in [0.15, 0.2) is 11.6 Å². The normalized spacial score (nSPS) is 11.6. The molecule has 0 atom stereocenters. The summed E-state index contributed by atoms with van der Waals surface area (Å²) in [5.74, 6) is 1.38. The topological polar surface area (TPSA) is 38.9 Å². The van der Waals surface area contributed by atoms with E-state index in [0.717, 1.165) is 44.6 Å². The van der Waals surface area contributed by atoms with Crippen molar-refractivity contribution in [1.82, 2.24) is 9.97 Å². The van der Waals surface area contributed by atoms with Crippen LogP contribution in [0.1, 0.15) is 0 Å². The maximum Gasteiger partial charge on any atom is 0.160 e. The van der Waals surface area contributed by atoms with E-state index in [9.17, 15) is 0 Å². The Balaban J connectivity index is 1.10. The Morgan fingerprint density at radius 1 is 0.327 bits per heavy atom. The smallest absolute Gasteiger partial charge is 0.160 e. The average Bonchev–Trinajstić information content (AvgIpc) is 3.70. The van der Waals surface area contributed by atoms with Crippen molar-refractivity contribution in [1.29, 1.82) is 0 Å². The SMILES string of the molecule is c1ccc(-c2nc(-c3ccc4cc(-c5c6ccccc6c(-c6ccccc6)c6ccc7ccccc7c56)ccc4c3)cc(-c3cc4ccccc4o3)n2)cc1. The van der Waals surface area contributed by atoms with Gasteiger partial charge in [-0.1, -0.05) is 164 Å².